The molecule has 2 N–H and O–H groups in total. The van der Waals surface area contributed by atoms with Crippen LogP contribution < -0.4 is 16.3 Å². The molecule has 5 rings (SSSR count). The van der Waals surface area contributed by atoms with Crippen LogP contribution in [0.5, 0.6) is 0 Å². The Balaban J connectivity index is 1.82. The molecule has 16 heteroatoms. The second-order valence-corrected chi connectivity index (χ2v) is 9.75. The summed E-state index contributed by atoms with van der Waals surface area (Å²) in [6.45, 7) is -4.84. The Hall–Kier alpha value is -4.40. The van der Waals surface area contributed by atoms with Crippen LogP contribution in [0.15, 0.2) is 47.5 Å². The number of alkyl halides is 6. The molecule has 3 aromatic carbocycles. The first-order chi connectivity index (χ1) is 20.3. The van der Waals surface area contributed by atoms with Gasteiger partial charge in [0, 0.05) is 34.4 Å². The van der Waals surface area contributed by atoms with Gasteiger partial charge in [0.05, 0.1) is 34.7 Å². The zero-order valence-corrected chi connectivity index (χ0v) is 22.4. The Kier molecular flexibility index (Phi) is 7.71. The zero-order valence-electron chi connectivity index (χ0n) is 21.7. The number of hydrogen-bond acceptors (Lipinski definition) is 3. The molecule has 0 bridgehead atoms. The fourth-order valence-corrected chi connectivity index (χ4v) is 5.36. The molecule has 1 atom stereocenters. The van der Waals surface area contributed by atoms with E-state index in [2.05, 4.69) is 15.6 Å². The van der Waals surface area contributed by atoms with E-state index in [0.29, 0.717) is 16.7 Å². The summed E-state index contributed by atoms with van der Waals surface area (Å²) in [5, 5.41) is 4.77. The number of aryl methyl sites for hydroxylation is 1. The molecule has 7 nitrogen and oxygen atoms in total. The Bertz CT molecular complexity index is 1870. The molecule has 0 saturated carbocycles. The van der Waals surface area contributed by atoms with Gasteiger partial charge in [0.2, 0.25) is 5.62 Å². The summed E-state index contributed by atoms with van der Waals surface area (Å²) < 4.78 is 112. The average Bonchev–Trinajstić information content (AvgIpc) is 3.44. The largest absolute Gasteiger partial charge is 0.416 e. The number of imidazole rings is 1. The Morgan fingerprint density at radius 3 is 2.47 bits per heavy atom. The lowest BCUT2D eigenvalue weighted by Gasteiger charge is -2.19. The van der Waals surface area contributed by atoms with Crippen molar-refractivity contribution in [2.45, 2.75) is 25.3 Å². The predicted molar refractivity (Wildman–Crippen MR) is 139 cm³/mol. The number of carbonyl (C=O) groups is 2. The highest BCUT2D eigenvalue weighted by molar-refractivity contribution is 6.31. The van der Waals surface area contributed by atoms with Crippen molar-refractivity contribution >= 4 is 40.1 Å². The Morgan fingerprint density at radius 2 is 1.84 bits per heavy atom. The van der Waals surface area contributed by atoms with Gasteiger partial charge >= 0.3 is 12.7 Å². The number of fused-ring (bicyclic) bond motifs is 3. The van der Waals surface area contributed by atoms with Crippen LogP contribution in [-0.2, 0) is 12.7 Å². The fraction of sp³-hybridized carbons (Fsp3) is 0.222. The predicted octanol–water partition coefficient (Wildman–Crippen LogP) is 6.37. The number of amides is 2. The number of benzene rings is 3. The normalized spacial score (nSPS) is 15.4. The Labute approximate surface area is 241 Å². The molecular formula is C27H18ClF8N5O2. The van der Waals surface area contributed by atoms with Gasteiger partial charge in [-0.3, -0.25) is 19.1 Å². The van der Waals surface area contributed by atoms with E-state index in [1.807, 2.05) is 0 Å². The van der Waals surface area contributed by atoms with E-state index in [-0.39, 0.29) is 33.4 Å². The van der Waals surface area contributed by atoms with Crippen LogP contribution in [-0.4, -0.2) is 34.7 Å². The van der Waals surface area contributed by atoms with Crippen LogP contribution in [0.3, 0.4) is 0 Å². The molecule has 4 aromatic rings. The van der Waals surface area contributed by atoms with Gasteiger partial charge in [0.15, 0.2) is 0 Å². The number of anilines is 1. The second-order valence-electron chi connectivity index (χ2n) is 9.35. The molecule has 0 saturated heterocycles. The summed E-state index contributed by atoms with van der Waals surface area (Å²) in [7, 11) is 1.16. The molecule has 0 aliphatic carbocycles. The lowest BCUT2D eigenvalue weighted by molar-refractivity contribution is -0.137. The minimum absolute atomic E-state index is 0.0408. The number of halogens is 9. The van der Waals surface area contributed by atoms with Gasteiger partial charge in [-0.15, -0.1) is 0 Å². The standard InChI is InChI=1S/C27H18ClF8N5O2/c1-37-26-40(5-4-29)18-10-17(38-23(42)11-6-12(27(34,35)36)8-14(31)7-11)19-20(22(18)41(26)25(32)33)24(43)39-21(19)15-9-13(30)2-3-16(15)28/h2-3,6-10,21,25H,4-5H2,1H3,(H,38,42)(H,39,43). The average molecular weight is 632 g/mol. The molecule has 226 valence electrons. The van der Waals surface area contributed by atoms with Crippen LogP contribution >= 0.6 is 11.6 Å². The van der Waals surface area contributed by atoms with Crippen LogP contribution in [0.25, 0.3) is 11.0 Å². The van der Waals surface area contributed by atoms with E-state index in [1.165, 1.54) is 6.07 Å². The summed E-state index contributed by atoms with van der Waals surface area (Å²) in [5.74, 6) is -4.37. The molecule has 2 heterocycles. The van der Waals surface area contributed by atoms with E-state index in [9.17, 15) is 44.7 Å². The number of nitrogens with zero attached hydrogens (tertiary/aromatic N) is 3. The molecule has 0 fully saturated rings. The molecule has 2 amide bonds. The first kappa shape index (κ1) is 30.1. The van der Waals surface area contributed by atoms with Gasteiger partial charge in [0.1, 0.15) is 18.3 Å². The molecule has 1 aliphatic rings. The van der Waals surface area contributed by atoms with Crippen molar-refractivity contribution < 1.29 is 44.7 Å². The van der Waals surface area contributed by atoms with Crippen molar-refractivity contribution in [3.05, 3.63) is 92.6 Å². The van der Waals surface area contributed by atoms with Crippen LogP contribution in [0.2, 0.25) is 5.02 Å². The summed E-state index contributed by atoms with van der Waals surface area (Å²) in [6, 6.07) is 4.03. The van der Waals surface area contributed by atoms with Crippen molar-refractivity contribution in [2.24, 2.45) is 4.99 Å². The molecule has 1 aliphatic heterocycles. The van der Waals surface area contributed by atoms with Gasteiger partial charge in [0.25, 0.3) is 11.8 Å². The highest BCUT2D eigenvalue weighted by Gasteiger charge is 2.39. The number of aromatic nitrogens is 2. The first-order valence-electron chi connectivity index (χ1n) is 12.3. The van der Waals surface area contributed by atoms with Crippen LogP contribution in [0.1, 0.15) is 50.0 Å². The molecule has 43 heavy (non-hydrogen) atoms. The van der Waals surface area contributed by atoms with E-state index < -0.39 is 83.3 Å². The minimum Gasteiger partial charge on any atom is -0.341 e. The van der Waals surface area contributed by atoms with E-state index in [4.69, 9.17) is 11.6 Å². The number of rotatable bonds is 6. The second kappa shape index (κ2) is 11.0. The fourth-order valence-electron chi connectivity index (χ4n) is 5.14. The monoisotopic (exact) mass is 631 g/mol. The molecular weight excluding hydrogens is 614 g/mol. The maximum atomic E-state index is 14.4. The van der Waals surface area contributed by atoms with Gasteiger partial charge in [-0.2, -0.15) is 22.0 Å². The van der Waals surface area contributed by atoms with E-state index in [1.54, 1.807) is 0 Å². The van der Waals surface area contributed by atoms with Gasteiger partial charge < -0.3 is 15.2 Å². The van der Waals surface area contributed by atoms with Gasteiger partial charge in [-0.05, 0) is 42.5 Å². The molecule has 1 aromatic heterocycles. The van der Waals surface area contributed by atoms with Crippen molar-refractivity contribution in [3.63, 3.8) is 0 Å². The summed E-state index contributed by atoms with van der Waals surface area (Å²) in [4.78, 5) is 30.5. The molecule has 0 spiro atoms. The zero-order chi connectivity index (χ0) is 31.4. The smallest absolute Gasteiger partial charge is 0.341 e. The molecule has 0 radical (unpaired) electrons. The van der Waals surface area contributed by atoms with Crippen LogP contribution in [0.4, 0.5) is 40.8 Å². The first-order valence-corrected chi connectivity index (χ1v) is 12.7. The highest BCUT2D eigenvalue weighted by atomic mass is 35.5. The summed E-state index contributed by atoms with van der Waals surface area (Å²) in [6.07, 6.45) is -5.00. The Morgan fingerprint density at radius 1 is 1.12 bits per heavy atom. The molecule has 1 unspecified atom stereocenters. The summed E-state index contributed by atoms with van der Waals surface area (Å²) in [5.41, 5.74) is -4.23. The maximum absolute atomic E-state index is 14.4. The van der Waals surface area contributed by atoms with Crippen LogP contribution in [0, 0.1) is 11.6 Å². The third-order valence-corrected chi connectivity index (χ3v) is 7.15. The third-order valence-electron chi connectivity index (χ3n) is 6.81. The van der Waals surface area contributed by atoms with Crippen molar-refractivity contribution in [3.8, 4) is 0 Å². The quantitative estimate of drug-likeness (QED) is 0.243. The number of hydrogen-bond donors (Lipinski definition) is 2. The lowest BCUT2D eigenvalue weighted by Crippen LogP contribution is -2.27. The van der Waals surface area contributed by atoms with Gasteiger partial charge in [-0.25, -0.2) is 13.2 Å². The number of nitrogens with one attached hydrogen (secondary N) is 2. The topological polar surface area (TPSA) is 80.4 Å². The van der Waals surface area contributed by atoms with E-state index >= 15 is 0 Å². The third kappa shape index (κ3) is 5.21. The van der Waals surface area contributed by atoms with Crippen molar-refractivity contribution in [2.75, 3.05) is 19.0 Å². The van der Waals surface area contributed by atoms with Crippen molar-refractivity contribution in [1.29, 1.82) is 0 Å². The van der Waals surface area contributed by atoms with E-state index in [0.717, 1.165) is 29.8 Å². The summed E-state index contributed by atoms with van der Waals surface area (Å²) >= 11 is 6.28. The maximum Gasteiger partial charge on any atom is 0.416 e. The highest BCUT2D eigenvalue weighted by Crippen LogP contribution is 2.43. The lowest BCUT2D eigenvalue weighted by atomic mass is 9.95. The minimum atomic E-state index is -5.00. The SMILES string of the molecule is CN=c1n(CCF)c2cc(NC(=O)c3cc(F)cc(C(F)(F)F)c3)c3c(c2n1C(F)F)C(=O)NC3c1cc(F)ccc1Cl. The number of carbonyl (C=O) groups excluding carboxylic acids is 2. The van der Waals surface area contributed by atoms with Gasteiger partial charge in [-0.1, -0.05) is 11.6 Å². The van der Waals surface area contributed by atoms with Crippen molar-refractivity contribution in [1.82, 2.24) is 14.5 Å².